The second kappa shape index (κ2) is 5.73. The van der Waals surface area contributed by atoms with Crippen molar-refractivity contribution in [1.29, 1.82) is 0 Å². The Labute approximate surface area is 140 Å². The summed E-state index contributed by atoms with van der Waals surface area (Å²) in [5.41, 5.74) is 3.26. The molecule has 0 spiro atoms. The maximum Gasteiger partial charge on any atom is 0.226 e. The van der Waals surface area contributed by atoms with E-state index < -0.39 is 0 Å². The molecule has 0 aliphatic carbocycles. The summed E-state index contributed by atoms with van der Waals surface area (Å²) in [7, 11) is 0. The first-order chi connectivity index (χ1) is 10.0. The van der Waals surface area contributed by atoms with Gasteiger partial charge in [-0.2, -0.15) is 0 Å². The van der Waals surface area contributed by atoms with Gasteiger partial charge in [0.15, 0.2) is 0 Å². The van der Waals surface area contributed by atoms with E-state index in [9.17, 15) is 5.11 Å². The van der Waals surface area contributed by atoms with Gasteiger partial charge < -0.3 is 9.52 Å². The molecular formula is C18H24BrNO2. The highest BCUT2D eigenvalue weighted by Gasteiger charge is 2.27. The first-order valence-corrected chi connectivity index (χ1v) is 8.55. The van der Waals surface area contributed by atoms with E-state index in [1.807, 2.05) is 12.1 Å². The molecule has 0 radical (unpaired) electrons. The highest BCUT2D eigenvalue weighted by Crippen LogP contribution is 2.41. The molecule has 2 aromatic rings. The predicted molar refractivity (Wildman–Crippen MR) is 93.6 cm³/mol. The van der Waals surface area contributed by atoms with Crippen LogP contribution in [0.25, 0.3) is 11.5 Å². The number of halogens is 1. The summed E-state index contributed by atoms with van der Waals surface area (Å²) in [6.45, 7) is 12.6. The molecule has 1 N–H and O–H groups in total. The normalized spacial score (nSPS) is 12.7. The minimum absolute atomic E-state index is 0.162. The van der Waals surface area contributed by atoms with Crippen molar-refractivity contribution in [3.8, 4) is 17.2 Å². The second-order valence-electron chi connectivity index (χ2n) is 7.70. The zero-order valence-electron chi connectivity index (χ0n) is 14.1. The molecule has 3 nitrogen and oxygen atoms in total. The summed E-state index contributed by atoms with van der Waals surface area (Å²) in [5, 5.41) is 11.4. The zero-order chi connectivity index (χ0) is 16.7. The van der Waals surface area contributed by atoms with E-state index in [2.05, 4.69) is 62.5 Å². The minimum Gasteiger partial charge on any atom is -0.507 e. The molecule has 4 heteroatoms. The number of phenols is 1. The number of phenolic OH excluding ortho intramolecular Hbond substituents is 1. The van der Waals surface area contributed by atoms with Gasteiger partial charge in [-0.25, -0.2) is 4.98 Å². The van der Waals surface area contributed by atoms with Gasteiger partial charge in [-0.15, -0.1) is 0 Å². The standard InChI is InChI=1S/C18H24BrNO2/c1-17(2,3)13-7-11(16-20-12(9-19)10-22-16)8-14(15(13)21)18(4,5)6/h7-8,10,21H,9H2,1-6H3. The number of hydrogen-bond donors (Lipinski definition) is 1. The Hall–Kier alpha value is -1.29. The summed E-state index contributed by atoms with van der Waals surface area (Å²) < 4.78 is 5.59. The van der Waals surface area contributed by atoms with Gasteiger partial charge in [-0.05, 0) is 23.0 Å². The fraction of sp³-hybridized carbons (Fsp3) is 0.500. The fourth-order valence-corrected chi connectivity index (χ4v) is 2.66. The monoisotopic (exact) mass is 365 g/mol. The molecule has 0 fully saturated rings. The van der Waals surface area contributed by atoms with Gasteiger partial charge in [0.1, 0.15) is 12.0 Å². The molecule has 1 aromatic heterocycles. The van der Waals surface area contributed by atoms with Gasteiger partial charge in [-0.1, -0.05) is 57.5 Å². The van der Waals surface area contributed by atoms with Crippen LogP contribution in [0.1, 0.15) is 58.4 Å². The predicted octanol–water partition coefficient (Wildman–Crippen LogP) is 5.54. The van der Waals surface area contributed by atoms with Crippen molar-refractivity contribution in [3.05, 3.63) is 35.2 Å². The van der Waals surface area contributed by atoms with Crippen molar-refractivity contribution in [2.24, 2.45) is 0 Å². The molecule has 0 aliphatic rings. The molecule has 1 heterocycles. The molecule has 120 valence electrons. The van der Waals surface area contributed by atoms with Crippen molar-refractivity contribution in [1.82, 2.24) is 4.98 Å². The fourth-order valence-electron chi connectivity index (χ4n) is 2.40. The summed E-state index contributed by atoms with van der Waals surface area (Å²) in [6, 6.07) is 3.96. The van der Waals surface area contributed by atoms with Crippen LogP contribution in [0.5, 0.6) is 5.75 Å². The Morgan fingerprint density at radius 3 is 1.91 bits per heavy atom. The number of aromatic nitrogens is 1. The van der Waals surface area contributed by atoms with E-state index in [-0.39, 0.29) is 10.8 Å². The highest BCUT2D eigenvalue weighted by molar-refractivity contribution is 9.08. The Morgan fingerprint density at radius 1 is 1.05 bits per heavy atom. The number of alkyl halides is 1. The lowest BCUT2D eigenvalue weighted by molar-refractivity contribution is 0.423. The van der Waals surface area contributed by atoms with Crippen molar-refractivity contribution in [2.75, 3.05) is 0 Å². The third-order valence-electron chi connectivity index (χ3n) is 3.66. The lowest BCUT2D eigenvalue weighted by Crippen LogP contribution is -2.17. The number of nitrogens with zero attached hydrogens (tertiary/aromatic N) is 1. The van der Waals surface area contributed by atoms with Crippen molar-refractivity contribution in [2.45, 2.75) is 57.7 Å². The van der Waals surface area contributed by atoms with Gasteiger partial charge >= 0.3 is 0 Å². The minimum atomic E-state index is -0.162. The van der Waals surface area contributed by atoms with Gasteiger partial charge in [0.05, 0.1) is 5.69 Å². The molecule has 1 aromatic carbocycles. The molecule has 0 unspecified atom stereocenters. The Balaban J connectivity index is 2.70. The summed E-state index contributed by atoms with van der Waals surface area (Å²) in [6.07, 6.45) is 1.66. The lowest BCUT2D eigenvalue weighted by Gasteiger charge is -2.27. The number of rotatable bonds is 2. The maximum absolute atomic E-state index is 10.7. The summed E-state index contributed by atoms with van der Waals surface area (Å²) in [5.74, 6) is 0.960. The van der Waals surface area contributed by atoms with Crippen LogP contribution >= 0.6 is 15.9 Å². The molecule has 0 bridgehead atoms. The van der Waals surface area contributed by atoms with Crippen LogP contribution in [-0.4, -0.2) is 10.1 Å². The van der Waals surface area contributed by atoms with Crippen LogP contribution in [0.4, 0.5) is 0 Å². The molecule has 0 saturated carbocycles. The van der Waals surface area contributed by atoms with Crippen LogP contribution in [-0.2, 0) is 16.2 Å². The Bertz CT molecular complexity index is 640. The van der Waals surface area contributed by atoms with Gasteiger partial charge in [0.25, 0.3) is 0 Å². The smallest absolute Gasteiger partial charge is 0.226 e. The average Bonchev–Trinajstić information content (AvgIpc) is 2.85. The van der Waals surface area contributed by atoms with Gasteiger partial charge in [0.2, 0.25) is 5.89 Å². The molecule has 0 aliphatic heterocycles. The largest absolute Gasteiger partial charge is 0.507 e. The number of hydrogen-bond acceptors (Lipinski definition) is 3. The van der Waals surface area contributed by atoms with E-state index in [0.29, 0.717) is 17.0 Å². The van der Waals surface area contributed by atoms with Crippen molar-refractivity contribution < 1.29 is 9.52 Å². The third kappa shape index (κ3) is 3.37. The van der Waals surface area contributed by atoms with Crippen LogP contribution in [0.2, 0.25) is 0 Å². The molecule has 0 amide bonds. The average molecular weight is 366 g/mol. The first-order valence-electron chi connectivity index (χ1n) is 7.42. The highest BCUT2D eigenvalue weighted by atomic mass is 79.9. The third-order valence-corrected chi connectivity index (χ3v) is 4.24. The van der Waals surface area contributed by atoms with Crippen LogP contribution in [0.15, 0.2) is 22.8 Å². The Kier molecular flexibility index (Phi) is 4.44. The maximum atomic E-state index is 10.7. The van der Waals surface area contributed by atoms with E-state index in [4.69, 9.17) is 4.42 Å². The molecule has 22 heavy (non-hydrogen) atoms. The van der Waals surface area contributed by atoms with E-state index in [1.165, 1.54) is 0 Å². The summed E-state index contributed by atoms with van der Waals surface area (Å²) in [4.78, 5) is 4.48. The first kappa shape index (κ1) is 17.1. The van der Waals surface area contributed by atoms with Crippen LogP contribution in [0, 0.1) is 0 Å². The number of oxazole rings is 1. The molecule has 0 atom stereocenters. The second-order valence-corrected chi connectivity index (χ2v) is 8.26. The quantitative estimate of drug-likeness (QED) is 0.710. The summed E-state index contributed by atoms with van der Waals surface area (Å²) >= 11 is 3.38. The van der Waals surface area contributed by atoms with Gasteiger partial charge in [0, 0.05) is 22.0 Å². The van der Waals surface area contributed by atoms with Crippen LogP contribution < -0.4 is 0 Å². The molecular weight excluding hydrogens is 342 g/mol. The lowest BCUT2D eigenvalue weighted by atomic mass is 9.78. The zero-order valence-corrected chi connectivity index (χ0v) is 15.7. The van der Waals surface area contributed by atoms with E-state index in [0.717, 1.165) is 22.4 Å². The van der Waals surface area contributed by atoms with Crippen molar-refractivity contribution >= 4 is 15.9 Å². The van der Waals surface area contributed by atoms with Gasteiger partial charge in [-0.3, -0.25) is 0 Å². The molecule has 0 saturated heterocycles. The van der Waals surface area contributed by atoms with Crippen LogP contribution in [0.3, 0.4) is 0 Å². The van der Waals surface area contributed by atoms with Crippen molar-refractivity contribution in [3.63, 3.8) is 0 Å². The Morgan fingerprint density at radius 2 is 1.55 bits per heavy atom. The topological polar surface area (TPSA) is 46.3 Å². The van der Waals surface area contributed by atoms with E-state index in [1.54, 1.807) is 6.26 Å². The number of aromatic hydroxyl groups is 1. The number of benzene rings is 1. The van der Waals surface area contributed by atoms with E-state index >= 15 is 0 Å². The SMILES string of the molecule is CC(C)(C)c1cc(-c2nc(CBr)co2)cc(C(C)(C)C)c1O. The molecule has 2 rings (SSSR count).